The Labute approximate surface area is 173 Å². The van der Waals surface area contributed by atoms with E-state index in [-0.39, 0.29) is 16.2 Å². The van der Waals surface area contributed by atoms with Gasteiger partial charge in [-0.1, -0.05) is 23.7 Å². The van der Waals surface area contributed by atoms with E-state index >= 15 is 0 Å². The van der Waals surface area contributed by atoms with Gasteiger partial charge < -0.3 is 9.64 Å². The molecule has 0 N–H and O–H groups in total. The maximum Gasteiger partial charge on any atom is 0.340 e. The highest BCUT2D eigenvalue weighted by atomic mass is 35.5. The molecule has 7 heteroatoms. The van der Waals surface area contributed by atoms with Crippen molar-refractivity contribution >= 4 is 40.9 Å². The molecule has 0 bridgehead atoms. The monoisotopic (exact) mass is 414 g/mol. The number of esters is 1. The summed E-state index contributed by atoms with van der Waals surface area (Å²) >= 11 is 5.88. The van der Waals surface area contributed by atoms with Gasteiger partial charge in [0, 0.05) is 25.5 Å². The Morgan fingerprint density at radius 1 is 1.17 bits per heavy atom. The molecule has 0 saturated carbocycles. The number of carbonyl (C=O) groups excluding carboxylic acids is 2. The fourth-order valence-electron chi connectivity index (χ4n) is 3.15. The van der Waals surface area contributed by atoms with Crippen LogP contribution in [-0.2, 0) is 14.3 Å². The van der Waals surface area contributed by atoms with Crippen molar-refractivity contribution in [3.8, 4) is 0 Å². The molecule has 150 valence electrons. The molecule has 29 heavy (non-hydrogen) atoms. The summed E-state index contributed by atoms with van der Waals surface area (Å²) in [6.45, 7) is 1.64. The number of nitrogens with zero attached hydrogens (tertiary/aromatic N) is 2. The number of methoxy groups -OCH3 is 1. The minimum Gasteiger partial charge on any atom is -0.465 e. The summed E-state index contributed by atoms with van der Waals surface area (Å²) < 4.78 is 18.4. The zero-order valence-electron chi connectivity index (χ0n) is 16.5. The van der Waals surface area contributed by atoms with E-state index in [1.807, 2.05) is 43.3 Å². The van der Waals surface area contributed by atoms with Gasteiger partial charge in [-0.15, -0.1) is 0 Å². The number of hydrogen-bond donors (Lipinski definition) is 0. The van der Waals surface area contributed by atoms with Crippen LogP contribution in [0.15, 0.2) is 59.3 Å². The first kappa shape index (κ1) is 20.6. The van der Waals surface area contributed by atoms with Crippen molar-refractivity contribution in [1.82, 2.24) is 0 Å². The highest BCUT2D eigenvalue weighted by Crippen LogP contribution is 2.36. The predicted molar refractivity (Wildman–Crippen MR) is 112 cm³/mol. The fourth-order valence-corrected chi connectivity index (χ4v) is 3.33. The molecule has 0 radical (unpaired) electrons. The average molecular weight is 415 g/mol. The summed E-state index contributed by atoms with van der Waals surface area (Å²) in [6.07, 6.45) is 1.64. The quantitative estimate of drug-likeness (QED) is 0.549. The zero-order chi connectivity index (χ0) is 21.3. The second-order valence-corrected chi connectivity index (χ2v) is 7.14. The molecule has 0 aromatic heterocycles. The van der Waals surface area contributed by atoms with Crippen LogP contribution in [0.4, 0.5) is 15.8 Å². The largest absolute Gasteiger partial charge is 0.465 e. The third-order valence-corrected chi connectivity index (χ3v) is 4.96. The smallest absolute Gasteiger partial charge is 0.340 e. The minimum absolute atomic E-state index is 0.112. The molecule has 1 heterocycles. The first-order chi connectivity index (χ1) is 13.7. The Morgan fingerprint density at radius 3 is 2.38 bits per heavy atom. The summed E-state index contributed by atoms with van der Waals surface area (Å²) in [5.41, 5.74) is 2.88. The highest BCUT2D eigenvalue weighted by molar-refractivity contribution is 6.31. The first-order valence-corrected chi connectivity index (χ1v) is 9.20. The van der Waals surface area contributed by atoms with Crippen LogP contribution in [0.2, 0.25) is 5.02 Å². The molecule has 1 amide bonds. The van der Waals surface area contributed by atoms with E-state index in [0.29, 0.717) is 11.4 Å². The summed E-state index contributed by atoms with van der Waals surface area (Å²) in [7, 11) is 5.12. The van der Waals surface area contributed by atoms with Gasteiger partial charge in [-0.05, 0) is 48.9 Å². The van der Waals surface area contributed by atoms with Crippen molar-refractivity contribution in [3.63, 3.8) is 0 Å². The molecule has 0 fully saturated rings. The van der Waals surface area contributed by atoms with Gasteiger partial charge in [0.15, 0.2) is 0 Å². The number of amides is 1. The zero-order valence-corrected chi connectivity index (χ0v) is 17.2. The SMILES string of the molecule is COC(=O)C1=C(C)N(c2ccc(F)c(Cl)c2)C(=O)/C1=C\c1ccc(N(C)C)cc1. The van der Waals surface area contributed by atoms with Crippen molar-refractivity contribution in [3.05, 3.63) is 75.7 Å². The maximum atomic E-state index is 13.6. The molecule has 5 nitrogen and oxygen atoms in total. The molecule has 1 aliphatic rings. The standard InChI is InChI=1S/C22H20ClFN2O3/c1-13-20(22(28)29-4)17(11-14-5-7-15(8-6-14)25(2)3)21(27)26(13)16-9-10-19(24)18(23)12-16/h5-12H,1-4H3/b17-11-. The lowest BCUT2D eigenvalue weighted by molar-refractivity contribution is -0.136. The van der Waals surface area contributed by atoms with Gasteiger partial charge in [-0.2, -0.15) is 0 Å². The average Bonchev–Trinajstić information content (AvgIpc) is 2.94. The summed E-state index contributed by atoms with van der Waals surface area (Å²) in [6, 6.07) is 11.5. The van der Waals surface area contributed by atoms with Crippen LogP contribution in [-0.4, -0.2) is 33.1 Å². The lowest BCUT2D eigenvalue weighted by Crippen LogP contribution is -2.24. The maximum absolute atomic E-state index is 13.6. The normalized spacial score (nSPS) is 15.3. The topological polar surface area (TPSA) is 49.9 Å². The Kier molecular flexibility index (Phi) is 5.75. The molecule has 2 aromatic rings. The van der Waals surface area contributed by atoms with Gasteiger partial charge >= 0.3 is 5.97 Å². The Morgan fingerprint density at radius 2 is 1.83 bits per heavy atom. The molecule has 0 unspecified atom stereocenters. The summed E-state index contributed by atoms with van der Waals surface area (Å²) in [4.78, 5) is 28.9. The molecule has 0 saturated heterocycles. The number of anilines is 2. The van der Waals surface area contributed by atoms with Gasteiger partial charge in [-0.3, -0.25) is 9.69 Å². The lowest BCUT2D eigenvalue weighted by atomic mass is 10.0. The highest BCUT2D eigenvalue weighted by Gasteiger charge is 2.38. The second-order valence-electron chi connectivity index (χ2n) is 6.73. The van der Waals surface area contributed by atoms with Crippen LogP contribution in [0.5, 0.6) is 0 Å². The van der Waals surface area contributed by atoms with E-state index < -0.39 is 17.7 Å². The number of rotatable bonds is 4. The van der Waals surface area contributed by atoms with E-state index in [1.54, 1.807) is 13.0 Å². The van der Waals surface area contributed by atoms with E-state index in [0.717, 1.165) is 11.3 Å². The van der Waals surface area contributed by atoms with Crippen LogP contribution in [0.1, 0.15) is 12.5 Å². The van der Waals surface area contributed by atoms with Crippen LogP contribution in [0.3, 0.4) is 0 Å². The van der Waals surface area contributed by atoms with E-state index in [4.69, 9.17) is 16.3 Å². The molecular formula is C22H20ClFN2O3. The van der Waals surface area contributed by atoms with E-state index in [1.165, 1.54) is 30.2 Å². The Balaban J connectivity index is 2.09. The van der Waals surface area contributed by atoms with Gasteiger partial charge in [0.2, 0.25) is 0 Å². The van der Waals surface area contributed by atoms with Crippen LogP contribution >= 0.6 is 11.6 Å². The summed E-state index contributed by atoms with van der Waals surface area (Å²) in [5.74, 6) is -1.63. The Hall–Kier alpha value is -3.12. The molecule has 0 aliphatic carbocycles. The Bertz CT molecular complexity index is 1040. The first-order valence-electron chi connectivity index (χ1n) is 8.82. The number of allylic oxidation sites excluding steroid dienone is 1. The fraction of sp³-hybridized carbons (Fsp3) is 0.182. The van der Waals surface area contributed by atoms with Crippen LogP contribution in [0.25, 0.3) is 6.08 Å². The number of benzene rings is 2. The van der Waals surface area contributed by atoms with Gasteiger partial charge in [0.05, 0.1) is 29.0 Å². The number of ether oxygens (including phenoxy) is 1. The number of halogens is 2. The number of hydrogen-bond acceptors (Lipinski definition) is 4. The van der Waals surface area contributed by atoms with Crippen molar-refractivity contribution in [2.75, 3.05) is 31.0 Å². The van der Waals surface area contributed by atoms with Crippen LogP contribution < -0.4 is 9.80 Å². The molecule has 0 spiro atoms. The second kappa shape index (κ2) is 8.09. The van der Waals surface area contributed by atoms with Crippen molar-refractivity contribution in [2.24, 2.45) is 0 Å². The van der Waals surface area contributed by atoms with E-state index in [2.05, 4.69) is 0 Å². The lowest BCUT2D eigenvalue weighted by Gasteiger charge is -2.18. The van der Waals surface area contributed by atoms with Gasteiger partial charge in [0.1, 0.15) is 5.82 Å². The molecule has 2 aromatic carbocycles. The molecule has 0 atom stereocenters. The third-order valence-electron chi connectivity index (χ3n) is 4.67. The number of carbonyl (C=O) groups is 2. The van der Waals surface area contributed by atoms with Gasteiger partial charge in [-0.25, -0.2) is 9.18 Å². The molecular weight excluding hydrogens is 395 g/mol. The molecule has 1 aliphatic heterocycles. The van der Waals surface area contributed by atoms with Gasteiger partial charge in [0.25, 0.3) is 5.91 Å². The minimum atomic E-state index is -0.622. The van der Waals surface area contributed by atoms with Crippen LogP contribution in [0, 0.1) is 5.82 Å². The predicted octanol–water partition coefficient (Wildman–Crippen LogP) is 4.42. The van der Waals surface area contributed by atoms with Crippen molar-refractivity contribution in [1.29, 1.82) is 0 Å². The van der Waals surface area contributed by atoms with E-state index in [9.17, 15) is 14.0 Å². The van der Waals surface area contributed by atoms with Crippen molar-refractivity contribution < 1.29 is 18.7 Å². The third kappa shape index (κ3) is 3.89. The molecule has 3 rings (SSSR count). The summed E-state index contributed by atoms with van der Waals surface area (Å²) in [5, 5.41) is -0.112. The van der Waals surface area contributed by atoms with Crippen molar-refractivity contribution in [2.45, 2.75) is 6.92 Å².